The molecule has 4 nitrogen and oxygen atoms in total. The normalized spacial score (nSPS) is 12.7. The lowest BCUT2D eigenvalue weighted by molar-refractivity contribution is 0.215. The van der Waals surface area contributed by atoms with Crippen molar-refractivity contribution in [2.24, 2.45) is 0 Å². The van der Waals surface area contributed by atoms with Crippen molar-refractivity contribution in [2.75, 3.05) is 0 Å². The van der Waals surface area contributed by atoms with Crippen LogP contribution in [0, 0.1) is 6.92 Å². The highest BCUT2D eigenvalue weighted by Gasteiger charge is 2.15. The van der Waals surface area contributed by atoms with Crippen molar-refractivity contribution in [1.82, 2.24) is 14.8 Å². The maximum absolute atomic E-state index is 10.5. The number of fused-ring (bicyclic) bond motifs is 1. The lowest BCUT2D eigenvalue weighted by Gasteiger charge is -2.11. The second kappa shape index (κ2) is 5.66. The number of aryl methyl sites for hydroxylation is 2. The third-order valence-electron chi connectivity index (χ3n) is 3.64. The number of aliphatic hydroxyl groups excluding tert-OH is 1. The van der Waals surface area contributed by atoms with Gasteiger partial charge in [0.05, 0.1) is 17.4 Å². The van der Waals surface area contributed by atoms with E-state index in [9.17, 15) is 5.11 Å². The Labute approximate surface area is 124 Å². The maximum atomic E-state index is 10.5. The van der Waals surface area contributed by atoms with Crippen LogP contribution in [-0.2, 0) is 6.54 Å². The van der Waals surface area contributed by atoms with Crippen LogP contribution in [0.5, 0.6) is 0 Å². The summed E-state index contributed by atoms with van der Waals surface area (Å²) < 4.78 is 1.85. The highest BCUT2D eigenvalue weighted by molar-refractivity contribution is 5.82. The van der Waals surface area contributed by atoms with Gasteiger partial charge in [-0.25, -0.2) is 4.98 Å². The van der Waals surface area contributed by atoms with Gasteiger partial charge in [-0.2, -0.15) is 5.10 Å². The number of nitrogens with zero attached hydrogens (tertiary/aromatic N) is 3. The summed E-state index contributed by atoms with van der Waals surface area (Å²) in [6.07, 6.45) is 3.89. The van der Waals surface area contributed by atoms with Gasteiger partial charge in [0.15, 0.2) is 0 Å². The number of para-hydroxylation sites is 1. The molecule has 0 fully saturated rings. The first-order valence-electron chi connectivity index (χ1n) is 7.25. The fourth-order valence-electron chi connectivity index (χ4n) is 2.56. The molecular formula is C17H19N3O. The van der Waals surface area contributed by atoms with Crippen LogP contribution in [-0.4, -0.2) is 19.9 Å². The van der Waals surface area contributed by atoms with E-state index >= 15 is 0 Å². The van der Waals surface area contributed by atoms with Gasteiger partial charge in [0.1, 0.15) is 6.10 Å². The summed E-state index contributed by atoms with van der Waals surface area (Å²) in [4.78, 5) is 4.58. The molecule has 108 valence electrons. The Hall–Kier alpha value is -2.20. The Morgan fingerprint density at radius 2 is 2.10 bits per heavy atom. The number of aliphatic hydroxyl groups is 1. The van der Waals surface area contributed by atoms with Crippen molar-refractivity contribution in [3.63, 3.8) is 0 Å². The molecule has 3 rings (SSSR count). The molecule has 2 heterocycles. The first kappa shape index (κ1) is 13.8. The summed E-state index contributed by atoms with van der Waals surface area (Å²) in [6.45, 7) is 5.00. The molecule has 1 N–H and O–H groups in total. The summed E-state index contributed by atoms with van der Waals surface area (Å²) >= 11 is 0. The van der Waals surface area contributed by atoms with E-state index in [1.165, 1.54) is 0 Å². The zero-order valence-electron chi connectivity index (χ0n) is 12.3. The van der Waals surface area contributed by atoms with Gasteiger partial charge in [-0.3, -0.25) is 4.68 Å². The Bertz CT molecular complexity index is 764. The highest BCUT2D eigenvalue weighted by Crippen LogP contribution is 2.24. The third-order valence-corrected chi connectivity index (χ3v) is 3.64. The van der Waals surface area contributed by atoms with Crippen LogP contribution in [0.4, 0.5) is 0 Å². The quantitative estimate of drug-likeness (QED) is 0.798. The van der Waals surface area contributed by atoms with Gasteiger partial charge in [-0.05, 0) is 31.0 Å². The van der Waals surface area contributed by atoms with E-state index in [4.69, 9.17) is 0 Å². The van der Waals surface area contributed by atoms with Crippen molar-refractivity contribution in [1.29, 1.82) is 0 Å². The molecule has 0 aliphatic carbocycles. The largest absolute Gasteiger partial charge is 0.382 e. The molecule has 0 aliphatic rings. The predicted molar refractivity (Wildman–Crippen MR) is 83.1 cm³/mol. The summed E-state index contributed by atoms with van der Waals surface area (Å²) in [6, 6.07) is 9.93. The van der Waals surface area contributed by atoms with Crippen molar-refractivity contribution in [3.8, 4) is 0 Å². The van der Waals surface area contributed by atoms with Crippen LogP contribution in [0.3, 0.4) is 0 Å². The van der Waals surface area contributed by atoms with Crippen LogP contribution in [0.15, 0.2) is 42.7 Å². The van der Waals surface area contributed by atoms with Gasteiger partial charge >= 0.3 is 0 Å². The molecule has 0 bridgehead atoms. The van der Waals surface area contributed by atoms with Crippen molar-refractivity contribution in [2.45, 2.75) is 32.9 Å². The number of rotatable bonds is 4. The summed E-state index contributed by atoms with van der Waals surface area (Å²) in [5.74, 6) is 0. The third kappa shape index (κ3) is 2.67. The molecule has 0 saturated heterocycles. The number of hydrogen-bond donors (Lipinski definition) is 1. The maximum Gasteiger partial charge on any atom is 0.124 e. The van der Waals surface area contributed by atoms with Gasteiger partial charge in [0.25, 0.3) is 0 Å². The first-order valence-corrected chi connectivity index (χ1v) is 7.25. The van der Waals surface area contributed by atoms with Crippen LogP contribution in [0.2, 0.25) is 0 Å². The molecule has 3 aromatic rings. The van der Waals surface area contributed by atoms with E-state index in [0.717, 1.165) is 35.0 Å². The second-order valence-corrected chi connectivity index (χ2v) is 5.32. The molecular weight excluding hydrogens is 262 g/mol. The standard InChI is InChI=1S/C17H19N3O/c1-3-8-20-11-13(10-18-20)17(21)16-9-12(2)14-6-4-5-7-15(14)19-16/h4-7,9-11,17,21H,3,8H2,1-2H3. The van der Waals surface area contributed by atoms with Gasteiger partial charge < -0.3 is 5.11 Å². The molecule has 1 unspecified atom stereocenters. The molecule has 0 aliphatic heterocycles. The van der Waals surface area contributed by atoms with Crippen LogP contribution >= 0.6 is 0 Å². The van der Waals surface area contributed by atoms with Crippen LogP contribution in [0.1, 0.15) is 36.3 Å². The van der Waals surface area contributed by atoms with E-state index in [0.29, 0.717) is 5.69 Å². The molecule has 21 heavy (non-hydrogen) atoms. The Kier molecular flexibility index (Phi) is 3.71. The highest BCUT2D eigenvalue weighted by atomic mass is 16.3. The first-order chi connectivity index (χ1) is 10.2. The molecule has 2 aromatic heterocycles. The molecule has 0 spiro atoms. The minimum atomic E-state index is -0.737. The number of benzene rings is 1. The molecule has 1 atom stereocenters. The lowest BCUT2D eigenvalue weighted by atomic mass is 10.0. The number of hydrogen-bond acceptors (Lipinski definition) is 3. The molecule has 1 aromatic carbocycles. The topological polar surface area (TPSA) is 50.9 Å². The minimum absolute atomic E-state index is 0.669. The van der Waals surface area contributed by atoms with E-state index < -0.39 is 6.10 Å². The van der Waals surface area contributed by atoms with Gasteiger partial charge in [0.2, 0.25) is 0 Å². The zero-order valence-corrected chi connectivity index (χ0v) is 12.3. The van der Waals surface area contributed by atoms with Crippen molar-refractivity contribution >= 4 is 10.9 Å². The molecule has 0 amide bonds. The molecule has 0 radical (unpaired) electrons. The smallest absolute Gasteiger partial charge is 0.124 e. The average molecular weight is 281 g/mol. The zero-order chi connectivity index (χ0) is 14.8. The van der Waals surface area contributed by atoms with Crippen LogP contribution in [0.25, 0.3) is 10.9 Å². The predicted octanol–water partition coefficient (Wildman–Crippen LogP) is 3.23. The van der Waals surface area contributed by atoms with E-state index in [-0.39, 0.29) is 0 Å². The Morgan fingerprint density at radius 3 is 2.90 bits per heavy atom. The molecule has 4 heteroatoms. The monoisotopic (exact) mass is 281 g/mol. The average Bonchev–Trinajstić information content (AvgIpc) is 2.95. The van der Waals surface area contributed by atoms with Gasteiger partial charge in [-0.15, -0.1) is 0 Å². The molecule has 0 saturated carbocycles. The summed E-state index contributed by atoms with van der Waals surface area (Å²) in [7, 11) is 0. The Morgan fingerprint density at radius 1 is 1.29 bits per heavy atom. The lowest BCUT2D eigenvalue weighted by Crippen LogP contribution is -2.03. The fourth-order valence-corrected chi connectivity index (χ4v) is 2.56. The van der Waals surface area contributed by atoms with E-state index in [2.05, 4.69) is 17.0 Å². The summed E-state index contributed by atoms with van der Waals surface area (Å²) in [5.41, 5.74) is 3.48. The van der Waals surface area contributed by atoms with Crippen molar-refractivity contribution in [3.05, 3.63) is 59.5 Å². The fraction of sp³-hybridized carbons (Fsp3) is 0.294. The van der Waals surface area contributed by atoms with Gasteiger partial charge in [0, 0.05) is 23.7 Å². The Balaban J connectivity index is 1.98. The minimum Gasteiger partial charge on any atom is -0.382 e. The van der Waals surface area contributed by atoms with Crippen molar-refractivity contribution < 1.29 is 5.11 Å². The van der Waals surface area contributed by atoms with Gasteiger partial charge in [-0.1, -0.05) is 25.1 Å². The second-order valence-electron chi connectivity index (χ2n) is 5.32. The van der Waals surface area contributed by atoms with Crippen LogP contribution < -0.4 is 0 Å². The van der Waals surface area contributed by atoms with E-state index in [1.54, 1.807) is 6.20 Å². The number of pyridine rings is 1. The SMILES string of the molecule is CCCn1cc(C(O)c2cc(C)c3ccccc3n2)cn1. The number of aromatic nitrogens is 3. The summed E-state index contributed by atoms with van der Waals surface area (Å²) in [5, 5.41) is 15.9. The van der Waals surface area contributed by atoms with E-state index in [1.807, 2.05) is 48.1 Å².